The normalized spacial score (nSPS) is 12.0. The van der Waals surface area contributed by atoms with E-state index in [0.29, 0.717) is 17.1 Å². The monoisotopic (exact) mass is 314 g/mol. The van der Waals surface area contributed by atoms with E-state index in [2.05, 4.69) is 0 Å². The topological polar surface area (TPSA) is 102 Å². The van der Waals surface area contributed by atoms with E-state index in [1.54, 1.807) is 39.0 Å². The first-order valence-electron chi connectivity index (χ1n) is 6.46. The standard InChI is InChI=1S/C14H22N2O4S/c1-14(2,3)21(17,18)8-7-20-11-6-5-10(13(15)16)9-12(11)19-4/h5-6,9H,7-8H2,1-4H3,(H3,15,16). The van der Waals surface area contributed by atoms with Gasteiger partial charge >= 0.3 is 0 Å². The maximum Gasteiger partial charge on any atom is 0.161 e. The van der Waals surface area contributed by atoms with Gasteiger partial charge in [0.1, 0.15) is 12.4 Å². The first-order chi connectivity index (χ1) is 9.58. The summed E-state index contributed by atoms with van der Waals surface area (Å²) in [5.41, 5.74) is 5.92. The van der Waals surface area contributed by atoms with Crippen LogP contribution >= 0.6 is 0 Å². The summed E-state index contributed by atoms with van der Waals surface area (Å²) in [6.45, 7) is 5.01. The highest BCUT2D eigenvalue weighted by Crippen LogP contribution is 2.28. The maximum absolute atomic E-state index is 12.0. The van der Waals surface area contributed by atoms with Gasteiger partial charge in [-0.25, -0.2) is 8.42 Å². The Morgan fingerprint density at radius 2 is 1.90 bits per heavy atom. The molecule has 0 saturated carbocycles. The lowest BCUT2D eigenvalue weighted by atomic mass is 10.2. The molecule has 1 aromatic carbocycles. The van der Waals surface area contributed by atoms with Gasteiger partial charge in [0.2, 0.25) is 0 Å². The number of ether oxygens (including phenoxy) is 2. The lowest BCUT2D eigenvalue weighted by Crippen LogP contribution is -2.32. The summed E-state index contributed by atoms with van der Waals surface area (Å²) in [4.78, 5) is 0. The molecule has 0 heterocycles. The van der Waals surface area contributed by atoms with Crippen LogP contribution in [0.2, 0.25) is 0 Å². The average Bonchev–Trinajstić information content (AvgIpc) is 2.37. The molecule has 118 valence electrons. The molecule has 0 radical (unpaired) electrons. The van der Waals surface area contributed by atoms with Gasteiger partial charge in [-0.3, -0.25) is 5.41 Å². The molecular weight excluding hydrogens is 292 g/mol. The number of nitrogens with one attached hydrogen (secondary N) is 1. The highest BCUT2D eigenvalue weighted by atomic mass is 32.2. The van der Waals surface area contributed by atoms with Gasteiger partial charge in [0.15, 0.2) is 21.3 Å². The third-order valence-corrected chi connectivity index (χ3v) is 5.59. The van der Waals surface area contributed by atoms with Crippen LogP contribution in [0.5, 0.6) is 11.5 Å². The minimum atomic E-state index is -3.23. The minimum absolute atomic E-state index is 0.0371. The van der Waals surface area contributed by atoms with Gasteiger partial charge in [0.25, 0.3) is 0 Å². The second-order valence-electron chi connectivity index (χ2n) is 5.56. The number of hydrogen-bond donors (Lipinski definition) is 2. The van der Waals surface area contributed by atoms with Gasteiger partial charge in [-0.1, -0.05) is 0 Å². The SMILES string of the molecule is COc1cc(C(=N)N)ccc1OCCS(=O)(=O)C(C)(C)C. The number of hydrogen-bond acceptors (Lipinski definition) is 5. The number of nitrogens with two attached hydrogens (primary N) is 1. The molecule has 0 aliphatic heterocycles. The van der Waals surface area contributed by atoms with Crippen molar-refractivity contribution < 1.29 is 17.9 Å². The number of sulfone groups is 1. The first-order valence-corrected chi connectivity index (χ1v) is 8.11. The fraction of sp³-hybridized carbons (Fsp3) is 0.500. The number of methoxy groups -OCH3 is 1. The Hall–Kier alpha value is -1.76. The van der Waals surface area contributed by atoms with Crippen LogP contribution in [0.1, 0.15) is 26.3 Å². The van der Waals surface area contributed by atoms with E-state index in [-0.39, 0.29) is 18.2 Å². The van der Waals surface area contributed by atoms with Crippen molar-refractivity contribution in [3.8, 4) is 11.5 Å². The molecule has 0 unspecified atom stereocenters. The van der Waals surface area contributed by atoms with Crippen molar-refractivity contribution in [3.05, 3.63) is 23.8 Å². The third-order valence-electron chi connectivity index (χ3n) is 3.02. The van der Waals surface area contributed by atoms with Crippen molar-refractivity contribution in [3.63, 3.8) is 0 Å². The second kappa shape index (κ2) is 6.34. The van der Waals surface area contributed by atoms with Gasteiger partial charge < -0.3 is 15.2 Å². The van der Waals surface area contributed by atoms with Crippen LogP contribution in [0.25, 0.3) is 0 Å². The molecule has 7 heteroatoms. The van der Waals surface area contributed by atoms with E-state index in [1.165, 1.54) is 7.11 Å². The molecule has 21 heavy (non-hydrogen) atoms. The zero-order valence-corrected chi connectivity index (χ0v) is 13.6. The van der Waals surface area contributed by atoms with Crippen LogP contribution in [-0.2, 0) is 9.84 Å². The van der Waals surface area contributed by atoms with E-state index in [9.17, 15) is 8.42 Å². The van der Waals surface area contributed by atoms with Crippen molar-refractivity contribution in [1.82, 2.24) is 0 Å². The Morgan fingerprint density at radius 3 is 2.38 bits per heavy atom. The lowest BCUT2D eigenvalue weighted by Gasteiger charge is -2.19. The zero-order valence-electron chi connectivity index (χ0n) is 12.8. The Balaban J connectivity index is 2.79. The fourth-order valence-electron chi connectivity index (χ4n) is 1.52. The molecule has 1 rings (SSSR count). The van der Waals surface area contributed by atoms with Crippen molar-refractivity contribution in [2.24, 2.45) is 5.73 Å². The van der Waals surface area contributed by atoms with Gasteiger partial charge in [0, 0.05) is 5.56 Å². The molecule has 0 spiro atoms. The van der Waals surface area contributed by atoms with E-state index in [4.69, 9.17) is 20.6 Å². The largest absolute Gasteiger partial charge is 0.493 e. The third kappa shape index (κ3) is 4.35. The van der Waals surface area contributed by atoms with Gasteiger partial charge in [0.05, 0.1) is 17.6 Å². The Kier molecular flexibility index (Phi) is 5.22. The molecule has 0 amide bonds. The summed E-state index contributed by atoms with van der Waals surface area (Å²) in [6.07, 6.45) is 0. The summed E-state index contributed by atoms with van der Waals surface area (Å²) in [7, 11) is -1.76. The number of amidine groups is 1. The van der Waals surface area contributed by atoms with Crippen molar-refractivity contribution in [2.75, 3.05) is 19.5 Å². The lowest BCUT2D eigenvalue weighted by molar-refractivity contribution is 0.311. The van der Waals surface area contributed by atoms with Crippen LogP contribution < -0.4 is 15.2 Å². The highest BCUT2D eigenvalue weighted by Gasteiger charge is 2.28. The molecule has 0 fully saturated rings. The van der Waals surface area contributed by atoms with Crippen LogP contribution in [0.15, 0.2) is 18.2 Å². The van der Waals surface area contributed by atoms with Crippen LogP contribution in [0, 0.1) is 5.41 Å². The minimum Gasteiger partial charge on any atom is -0.493 e. The van der Waals surface area contributed by atoms with E-state index in [1.807, 2.05) is 0 Å². The van der Waals surface area contributed by atoms with Crippen LogP contribution in [-0.4, -0.2) is 38.5 Å². The Morgan fingerprint density at radius 1 is 1.29 bits per heavy atom. The predicted molar refractivity (Wildman–Crippen MR) is 83.0 cm³/mol. The van der Waals surface area contributed by atoms with Crippen molar-refractivity contribution in [1.29, 1.82) is 5.41 Å². The summed E-state index contributed by atoms with van der Waals surface area (Å²) in [5.74, 6) is 0.686. The Labute approximate surface area is 125 Å². The number of rotatable bonds is 6. The fourth-order valence-corrected chi connectivity index (χ4v) is 2.44. The summed E-state index contributed by atoms with van der Waals surface area (Å²) in [6, 6.07) is 4.81. The maximum atomic E-state index is 12.0. The van der Waals surface area contributed by atoms with Crippen molar-refractivity contribution >= 4 is 15.7 Å². The molecule has 0 aromatic heterocycles. The molecule has 0 atom stereocenters. The predicted octanol–water partition coefficient (Wildman–Crippen LogP) is 1.57. The smallest absolute Gasteiger partial charge is 0.161 e. The van der Waals surface area contributed by atoms with Gasteiger partial charge in [-0.15, -0.1) is 0 Å². The quantitative estimate of drug-likeness (QED) is 0.613. The molecule has 3 N–H and O–H groups in total. The van der Waals surface area contributed by atoms with Gasteiger partial charge in [-0.05, 0) is 39.0 Å². The molecule has 0 aliphatic carbocycles. The molecule has 0 saturated heterocycles. The van der Waals surface area contributed by atoms with Crippen LogP contribution in [0.3, 0.4) is 0 Å². The highest BCUT2D eigenvalue weighted by molar-refractivity contribution is 7.92. The summed E-state index contributed by atoms with van der Waals surface area (Å²) in [5, 5.41) is 7.37. The van der Waals surface area contributed by atoms with Crippen LogP contribution in [0.4, 0.5) is 0 Å². The average molecular weight is 314 g/mol. The first kappa shape index (κ1) is 17.3. The molecular formula is C14H22N2O4S. The van der Waals surface area contributed by atoms with E-state index >= 15 is 0 Å². The number of benzene rings is 1. The molecule has 0 bridgehead atoms. The second-order valence-corrected chi connectivity index (χ2v) is 8.42. The molecule has 1 aromatic rings. The number of nitrogen functional groups attached to an aromatic ring is 1. The summed E-state index contributed by atoms with van der Waals surface area (Å²) < 4.78 is 33.8. The van der Waals surface area contributed by atoms with E-state index in [0.717, 1.165) is 0 Å². The van der Waals surface area contributed by atoms with Gasteiger partial charge in [-0.2, -0.15) is 0 Å². The Bertz CT molecular complexity index is 618. The summed E-state index contributed by atoms with van der Waals surface area (Å²) >= 11 is 0. The zero-order chi connectivity index (χ0) is 16.3. The van der Waals surface area contributed by atoms with Crippen molar-refractivity contribution in [2.45, 2.75) is 25.5 Å². The van der Waals surface area contributed by atoms with E-state index < -0.39 is 14.6 Å². The molecule has 6 nitrogen and oxygen atoms in total. The molecule has 0 aliphatic rings.